The number of hydrazone groups is 1. The summed E-state index contributed by atoms with van der Waals surface area (Å²) in [5.41, 5.74) is 0.282. The molecule has 0 fully saturated rings. The molecule has 0 amide bonds. The first-order valence-electron chi connectivity index (χ1n) is 6.95. The minimum atomic E-state index is -4.00. The Hall–Kier alpha value is -2.94. The van der Waals surface area contributed by atoms with E-state index in [2.05, 4.69) is 5.10 Å². The molecule has 1 N–H and O–H groups in total. The van der Waals surface area contributed by atoms with Gasteiger partial charge in [-0.15, -0.1) is 0 Å². The van der Waals surface area contributed by atoms with E-state index in [9.17, 15) is 18.5 Å². The molecule has 2 rings (SSSR count). The van der Waals surface area contributed by atoms with Gasteiger partial charge in [0.1, 0.15) is 5.75 Å². The van der Waals surface area contributed by atoms with Crippen LogP contribution in [0.5, 0.6) is 5.75 Å². The number of nitrogens with one attached hydrogen (secondary N) is 1. The monoisotopic (exact) mass is 349 g/mol. The average molecular weight is 349 g/mol. The van der Waals surface area contributed by atoms with Crippen molar-refractivity contribution < 1.29 is 18.1 Å². The molecule has 2 aromatic rings. The summed E-state index contributed by atoms with van der Waals surface area (Å²) >= 11 is 0. The fourth-order valence-electron chi connectivity index (χ4n) is 1.86. The Morgan fingerprint density at radius 1 is 1.25 bits per heavy atom. The van der Waals surface area contributed by atoms with Gasteiger partial charge >= 0.3 is 0 Å². The molecule has 0 aliphatic rings. The van der Waals surface area contributed by atoms with Crippen LogP contribution in [-0.2, 0) is 10.0 Å². The number of sulfonamides is 1. The SMILES string of the molecule is CCOc1ccccc1/C=N/NS(=O)(=O)c1cccc([N+](=O)[O-])c1. The lowest BCUT2D eigenvalue weighted by molar-refractivity contribution is -0.385. The van der Waals surface area contributed by atoms with Gasteiger partial charge in [0.05, 0.1) is 22.6 Å². The maximum absolute atomic E-state index is 12.1. The predicted molar refractivity (Wildman–Crippen MR) is 88.6 cm³/mol. The van der Waals surface area contributed by atoms with Gasteiger partial charge in [-0.3, -0.25) is 10.1 Å². The van der Waals surface area contributed by atoms with Crippen LogP contribution in [0, 0.1) is 10.1 Å². The second-order valence-electron chi connectivity index (χ2n) is 4.58. The van der Waals surface area contributed by atoms with Gasteiger partial charge in [-0.25, -0.2) is 4.83 Å². The quantitative estimate of drug-likeness (QED) is 0.468. The van der Waals surface area contributed by atoms with Crippen LogP contribution in [0.4, 0.5) is 5.69 Å². The number of nitrogens with zero attached hydrogens (tertiary/aromatic N) is 2. The van der Waals surface area contributed by atoms with Crippen molar-refractivity contribution in [2.45, 2.75) is 11.8 Å². The molecule has 0 aliphatic carbocycles. The number of nitro groups is 1. The molecular formula is C15H15N3O5S. The third-order valence-corrected chi connectivity index (χ3v) is 4.15. The van der Waals surface area contributed by atoms with Crippen molar-refractivity contribution >= 4 is 21.9 Å². The van der Waals surface area contributed by atoms with Crippen LogP contribution >= 0.6 is 0 Å². The van der Waals surface area contributed by atoms with Crippen molar-refractivity contribution in [3.05, 3.63) is 64.2 Å². The number of para-hydroxylation sites is 1. The number of ether oxygens (including phenoxy) is 1. The minimum absolute atomic E-state index is 0.244. The summed E-state index contributed by atoms with van der Waals surface area (Å²) in [6, 6.07) is 11.7. The van der Waals surface area contributed by atoms with E-state index in [1.165, 1.54) is 24.4 Å². The first-order chi connectivity index (χ1) is 11.4. The molecule has 0 unspecified atom stereocenters. The molecule has 8 nitrogen and oxygen atoms in total. The molecule has 0 saturated heterocycles. The Morgan fingerprint density at radius 3 is 2.71 bits per heavy atom. The maximum atomic E-state index is 12.1. The average Bonchev–Trinajstić information content (AvgIpc) is 2.56. The Balaban J connectivity index is 2.19. The number of benzene rings is 2. The highest BCUT2D eigenvalue weighted by Gasteiger charge is 2.16. The molecule has 0 bridgehead atoms. The molecule has 0 spiro atoms. The third kappa shape index (κ3) is 4.29. The van der Waals surface area contributed by atoms with E-state index in [1.807, 2.05) is 11.8 Å². The van der Waals surface area contributed by atoms with E-state index in [0.717, 1.165) is 6.07 Å². The van der Waals surface area contributed by atoms with Gasteiger partial charge < -0.3 is 4.74 Å². The van der Waals surface area contributed by atoms with Crippen LogP contribution in [-0.4, -0.2) is 26.2 Å². The van der Waals surface area contributed by atoms with Crippen LogP contribution < -0.4 is 9.57 Å². The summed E-state index contributed by atoms with van der Waals surface area (Å²) in [6.07, 6.45) is 1.31. The molecular weight excluding hydrogens is 334 g/mol. The van der Waals surface area contributed by atoms with Crippen molar-refractivity contribution in [2.75, 3.05) is 6.61 Å². The van der Waals surface area contributed by atoms with Crippen LogP contribution in [0.1, 0.15) is 12.5 Å². The van der Waals surface area contributed by atoms with Gasteiger partial charge in [-0.1, -0.05) is 18.2 Å². The van der Waals surface area contributed by atoms with Crippen LogP contribution in [0.15, 0.2) is 58.5 Å². The lowest BCUT2D eigenvalue weighted by Gasteiger charge is -2.06. The minimum Gasteiger partial charge on any atom is -0.493 e. The molecule has 0 saturated carbocycles. The lowest BCUT2D eigenvalue weighted by atomic mass is 10.2. The zero-order chi connectivity index (χ0) is 17.6. The zero-order valence-electron chi connectivity index (χ0n) is 12.7. The normalized spacial score (nSPS) is 11.4. The predicted octanol–water partition coefficient (Wildman–Crippen LogP) is 2.31. The lowest BCUT2D eigenvalue weighted by Crippen LogP contribution is -2.18. The highest BCUT2D eigenvalue weighted by molar-refractivity contribution is 7.89. The largest absolute Gasteiger partial charge is 0.493 e. The molecule has 0 heterocycles. The summed E-state index contributed by atoms with van der Waals surface area (Å²) in [5, 5.41) is 14.4. The number of hydrogen-bond donors (Lipinski definition) is 1. The number of nitro benzene ring substituents is 1. The van der Waals surface area contributed by atoms with Gasteiger partial charge in [0.25, 0.3) is 15.7 Å². The van der Waals surface area contributed by atoms with Gasteiger partial charge in [0.2, 0.25) is 0 Å². The Kier molecular flexibility index (Phi) is 5.48. The fourth-order valence-corrected chi connectivity index (χ4v) is 2.69. The summed E-state index contributed by atoms with van der Waals surface area (Å²) < 4.78 is 29.7. The first-order valence-corrected chi connectivity index (χ1v) is 8.43. The molecule has 24 heavy (non-hydrogen) atoms. The summed E-state index contributed by atoms with van der Waals surface area (Å²) in [5.74, 6) is 0.568. The molecule has 0 radical (unpaired) electrons. The summed E-state index contributed by atoms with van der Waals surface area (Å²) in [4.78, 5) is 11.8. The second kappa shape index (κ2) is 7.55. The molecule has 2 aromatic carbocycles. The number of non-ortho nitro benzene ring substituents is 1. The van der Waals surface area contributed by atoms with Gasteiger partial charge in [-0.2, -0.15) is 13.5 Å². The standard InChI is InChI=1S/C15H15N3O5S/c1-2-23-15-9-4-3-6-12(15)11-16-17-24(21,22)14-8-5-7-13(10-14)18(19)20/h3-11,17H,2H2,1H3/b16-11+. The molecule has 0 aliphatic heterocycles. The van der Waals surface area contributed by atoms with E-state index in [1.54, 1.807) is 24.3 Å². The van der Waals surface area contributed by atoms with Gasteiger partial charge in [0.15, 0.2) is 0 Å². The van der Waals surface area contributed by atoms with Crippen LogP contribution in [0.25, 0.3) is 0 Å². The molecule has 0 atom stereocenters. The first kappa shape index (κ1) is 17.4. The maximum Gasteiger partial charge on any atom is 0.276 e. The summed E-state index contributed by atoms with van der Waals surface area (Å²) in [7, 11) is -4.00. The number of hydrogen-bond acceptors (Lipinski definition) is 6. The van der Waals surface area contributed by atoms with Crippen molar-refractivity contribution in [1.29, 1.82) is 0 Å². The molecule has 126 valence electrons. The fraction of sp³-hybridized carbons (Fsp3) is 0.133. The summed E-state index contributed by atoms with van der Waals surface area (Å²) in [6.45, 7) is 2.29. The molecule has 9 heteroatoms. The van der Waals surface area contributed by atoms with E-state index < -0.39 is 14.9 Å². The van der Waals surface area contributed by atoms with E-state index in [0.29, 0.717) is 17.9 Å². The highest BCUT2D eigenvalue weighted by Crippen LogP contribution is 2.18. The van der Waals surface area contributed by atoms with Crippen molar-refractivity contribution in [2.24, 2.45) is 5.10 Å². The van der Waals surface area contributed by atoms with Crippen molar-refractivity contribution in [3.63, 3.8) is 0 Å². The van der Waals surface area contributed by atoms with E-state index in [-0.39, 0.29) is 10.6 Å². The second-order valence-corrected chi connectivity index (χ2v) is 6.24. The Morgan fingerprint density at radius 2 is 2.00 bits per heavy atom. The molecule has 0 aromatic heterocycles. The van der Waals surface area contributed by atoms with Crippen LogP contribution in [0.3, 0.4) is 0 Å². The number of rotatable bonds is 7. The Labute approximate surface area is 139 Å². The topological polar surface area (TPSA) is 111 Å². The van der Waals surface area contributed by atoms with Gasteiger partial charge in [0, 0.05) is 17.7 Å². The van der Waals surface area contributed by atoms with E-state index in [4.69, 9.17) is 4.74 Å². The third-order valence-electron chi connectivity index (χ3n) is 2.93. The zero-order valence-corrected chi connectivity index (χ0v) is 13.6. The smallest absolute Gasteiger partial charge is 0.276 e. The van der Waals surface area contributed by atoms with Gasteiger partial charge in [-0.05, 0) is 25.1 Å². The van der Waals surface area contributed by atoms with Crippen molar-refractivity contribution in [1.82, 2.24) is 4.83 Å². The van der Waals surface area contributed by atoms with Crippen LogP contribution in [0.2, 0.25) is 0 Å². The van der Waals surface area contributed by atoms with E-state index >= 15 is 0 Å². The highest BCUT2D eigenvalue weighted by atomic mass is 32.2. The van der Waals surface area contributed by atoms with Crippen molar-refractivity contribution in [3.8, 4) is 5.75 Å². The Bertz CT molecular complexity index is 865.